The highest BCUT2D eigenvalue weighted by atomic mass is 32.2. The van der Waals surface area contributed by atoms with E-state index < -0.39 is 10.0 Å². The Bertz CT molecular complexity index is 844. The van der Waals surface area contributed by atoms with Crippen molar-refractivity contribution in [2.75, 3.05) is 6.54 Å². The maximum Gasteiger partial charge on any atom is 0.238 e. The maximum absolute atomic E-state index is 12.3. The quantitative estimate of drug-likeness (QED) is 0.746. The van der Waals surface area contributed by atoms with Gasteiger partial charge in [-0.3, -0.25) is 4.79 Å². The topological polar surface area (TPSA) is 89.3 Å². The van der Waals surface area contributed by atoms with Crippen LogP contribution in [-0.2, 0) is 21.2 Å². The Labute approximate surface area is 154 Å². The van der Waals surface area contributed by atoms with E-state index >= 15 is 0 Å². The predicted molar refractivity (Wildman–Crippen MR) is 101 cm³/mol. The Morgan fingerprint density at radius 2 is 1.73 bits per heavy atom. The lowest BCUT2D eigenvalue weighted by Gasteiger charge is -2.16. The van der Waals surface area contributed by atoms with Crippen molar-refractivity contribution in [2.24, 2.45) is 11.1 Å². The largest absolute Gasteiger partial charge is 0.356 e. The number of sulfonamides is 1. The first-order valence-electron chi connectivity index (χ1n) is 8.87. The van der Waals surface area contributed by atoms with Crippen molar-refractivity contribution in [1.29, 1.82) is 0 Å². The van der Waals surface area contributed by atoms with Gasteiger partial charge in [-0.1, -0.05) is 42.5 Å². The molecule has 3 rings (SSSR count). The van der Waals surface area contributed by atoms with E-state index in [-0.39, 0.29) is 10.8 Å². The molecule has 0 aromatic heterocycles. The number of carbonyl (C=O) groups excluding carboxylic acids is 1. The zero-order chi connectivity index (χ0) is 18.6. The van der Waals surface area contributed by atoms with Crippen LogP contribution in [0, 0.1) is 5.92 Å². The Balaban J connectivity index is 1.49. The number of carbonyl (C=O) groups is 1. The van der Waals surface area contributed by atoms with Gasteiger partial charge in [0.15, 0.2) is 0 Å². The molecule has 3 N–H and O–H groups in total. The lowest BCUT2D eigenvalue weighted by atomic mass is 9.91. The fraction of sp³-hybridized carbons (Fsp3) is 0.350. The van der Waals surface area contributed by atoms with Gasteiger partial charge >= 0.3 is 0 Å². The first-order valence-corrected chi connectivity index (χ1v) is 10.4. The molecule has 1 unspecified atom stereocenters. The highest BCUT2D eigenvalue weighted by Crippen LogP contribution is 2.44. The molecule has 1 amide bonds. The fourth-order valence-corrected chi connectivity index (χ4v) is 3.73. The summed E-state index contributed by atoms with van der Waals surface area (Å²) in [6.45, 7) is 0.528. The molecule has 0 spiro atoms. The highest BCUT2D eigenvalue weighted by molar-refractivity contribution is 7.89. The Morgan fingerprint density at radius 1 is 1.08 bits per heavy atom. The van der Waals surface area contributed by atoms with Crippen LogP contribution in [0.2, 0.25) is 0 Å². The predicted octanol–water partition coefficient (Wildman–Crippen LogP) is 2.58. The number of benzene rings is 2. The average molecular weight is 372 g/mol. The molecule has 138 valence electrons. The van der Waals surface area contributed by atoms with Crippen LogP contribution in [-0.4, -0.2) is 20.9 Å². The third kappa shape index (κ3) is 5.16. The van der Waals surface area contributed by atoms with Gasteiger partial charge in [0.25, 0.3) is 0 Å². The summed E-state index contributed by atoms with van der Waals surface area (Å²) in [5.41, 5.74) is 2.20. The zero-order valence-corrected chi connectivity index (χ0v) is 15.4. The van der Waals surface area contributed by atoms with Crippen molar-refractivity contribution >= 4 is 15.9 Å². The molecule has 0 heterocycles. The molecule has 2 aromatic carbocycles. The van der Waals surface area contributed by atoms with Gasteiger partial charge in [0.05, 0.1) is 4.90 Å². The van der Waals surface area contributed by atoms with Crippen molar-refractivity contribution < 1.29 is 13.2 Å². The van der Waals surface area contributed by atoms with E-state index in [1.165, 1.54) is 30.5 Å². The van der Waals surface area contributed by atoms with Gasteiger partial charge in [-0.25, -0.2) is 13.6 Å². The molecule has 1 atom stereocenters. The van der Waals surface area contributed by atoms with Crippen LogP contribution >= 0.6 is 0 Å². The summed E-state index contributed by atoms with van der Waals surface area (Å²) < 4.78 is 22.5. The minimum atomic E-state index is -3.67. The van der Waals surface area contributed by atoms with E-state index in [1.807, 2.05) is 18.2 Å². The van der Waals surface area contributed by atoms with Crippen LogP contribution in [0.1, 0.15) is 36.3 Å². The molecule has 1 aliphatic carbocycles. The average Bonchev–Trinajstić information content (AvgIpc) is 3.45. The molecule has 6 heteroatoms. The molecular weight excluding hydrogens is 348 g/mol. The number of rotatable bonds is 8. The molecule has 2 aromatic rings. The van der Waals surface area contributed by atoms with E-state index in [0.717, 1.165) is 5.56 Å². The summed E-state index contributed by atoms with van der Waals surface area (Å²) in [4.78, 5) is 12.4. The molecule has 0 radical (unpaired) electrons. The van der Waals surface area contributed by atoms with Gasteiger partial charge in [0, 0.05) is 13.0 Å². The summed E-state index contributed by atoms with van der Waals surface area (Å²) >= 11 is 0. The third-order valence-electron chi connectivity index (χ3n) is 4.81. The molecule has 26 heavy (non-hydrogen) atoms. The summed E-state index contributed by atoms with van der Waals surface area (Å²) in [5, 5.41) is 8.06. The molecule has 0 saturated heterocycles. The van der Waals surface area contributed by atoms with Gasteiger partial charge in [-0.05, 0) is 54.4 Å². The van der Waals surface area contributed by atoms with Crippen LogP contribution in [0.15, 0.2) is 59.5 Å². The van der Waals surface area contributed by atoms with E-state index in [4.69, 9.17) is 5.14 Å². The van der Waals surface area contributed by atoms with Crippen LogP contribution in [0.4, 0.5) is 0 Å². The van der Waals surface area contributed by atoms with Crippen LogP contribution in [0.3, 0.4) is 0 Å². The molecule has 1 fully saturated rings. The SMILES string of the molecule is NS(=O)(=O)c1ccc(CCNC(=O)CC(c2ccccc2)C2CC2)cc1. The number of nitrogens with one attached hydrogen (secondary N) is 1. The molecule has 1 aliphatic rings. The van der Waals surface area contributed by atoms with Gasteiger partial charge in [-0.2, -0.15) is 0 Å². The standard InChI is InChI=1S/C20H24N2O3S/c21-26(24,25)18-10-6-15(7-11-18)12-13-22-20(23)14-19(17-8-9-17)16-4-2-1-3-5-16/h1-7,10-11,17,19H,8-9,12-14H2,(H,22,23)(H2,21,24,25). The van der Waals surface area contributed by atoms with Crippen LogP contribution in [0.5, 0.6) is 0 Å². The van der Waals surface area contributed by atoms with Crippen LogP contribution < -0.4 is 10.5 Å². The van der Waals surface area contributed by atoms with E-state index in [1.54, 1.807) is 12.1 Å². The number of hydrogen-bond donors (Lipinski definition) is 2. The smallest absolute Gasteiger partial charge is 0.238 e. The number of nitrogens with two attached hydrogens (primary N) is 1. The first kappa shape index (κ1) is 18.6. The van der Waals surface area contributed by atoms with Gasteiger partial charge in [0.2, 0.25) is 15.9 Å². The van der Waals surface area contributed by atoms with Crippen molar-refractivity contribution in [2.45, 2.75) is 36.5 Å². The summed E-state index contributed by atoms with van der Waals surface area (Å²) in [6, 6.07) is 16.7. The zero-order valence-electron chi connectivity index (χ0n) is 14.6. The second kappa shape index (κ2) is 8.01. The summed E-state index contributed by atoms with van der Waals surface area (Å²) in [7, 11) is -3.67. The van der Waals surface area contributed by atoms with Gasteiger partial charge in [-0.15, -0.1) is 0 Å². The van der Waals surface area contributed by atoms with E-state index in [9.17, 15) is 13.2 Å². The summed E-state index contributed by atoms with van der Waals surface area (Å²) in [5.74, 6) is 0.978. The monoisotopic (exact) mass is 372 g/mol. The number of primary sulfonamides is 1. The molecule has 0 aliphatic heterocycles. The van der Waals surface area contributed by atoms with E-state index in [2.05, 4.69) is 17.4 Å². The lowest BCUT2D eigenvalue weighted by Crippen LogP contribution is -2.27. The maximum atomic E-state index is 12.3. The van der Waals surface area contributed by atoms with Gasteiger partial charge in [0.1, 0.15) is 0 Å². The van der Waals surface area contributed by atoms with Crippen molar-refractivity contribution in [3.05, 3.63) is 65.7 Å². The summed E-state index contributed by atoms with van der Waals surface area (Å²) in [6.07, 6.45) is 3.56. The fourth-order valence-electron chi connectivity index (χ4n) is 3.22. The minimum absolute atomic E-state index is 0.0620. The normalized spacial score (nSPS) is 15.4. The number of hydrogen-bond acceptors (Lipinski definition) is 3. The van der Waals surface area contributed by atoms with Crippen molar-refractivity contribution in [3.8, 4) is 0 Å². The molecular formula is C20H24N2O3S. The first-order chi connectivity index (χ1) is 12.4. The highest BCUT2D eigenvalue weighted by Gasteiger charge is 2.33. The van der Waals surface area contributed by atoms with Gasteiger partial charge < -0.3 is 5.32 Å². The number of amides is 1. The minimum Gasteiger partial charge on any atom is -0.356 e. The lowest BCUT2D eigenvalue weighted by molar-refractivity contribution is -0.121. The Hall–Kier alpha value is -2.18. The Morgan fingerprint density at radius 3 is 2.31 bits per heavy atom. The molecule has 1 saturated carbocycles. The van der Waals surface area contributed by atoms with Crippen molar-refractivity contribution in [3.63, 3.8) is 0 Å². The van der Waals surface area contributed by atoms with E-state index in [0.29, 0.717) is 31.2 Å². The molecule has 5 nitrogen and oxygen atoms in total. The van der Waals surface area contributed by atoms with Crippen LogP contribution in [0.25, 0.3) is 0 Å². The third-order valence-corrected chi connectivity index (χ3v) is 5.74. The Kier molecular flexibility index (Phi) is 5.74. The molecule has 0 bridgehead atoms. The second-order valence-electron chi connectivity index (χ2n) is 6.85. The second-order valence-corrected chi connectivity index (χ2v) is 8.41. The van der Waals surface area contributed by atoms with Crippen molar-refractivity contribution in [1.82, 2.24) is 5.32 Å².